The summed E-state index contributed by atoms with van der Waals surface area (Å²) in [5.41, 5.74) is 5.55. The molecule has 2 N–H and O–H groups in total. The van der Waals surface area contributed by atoms with Gasteiger partial charge in [0.2, 0.25) is 0 Å². The summed E-state index contributed by atoms with van der Waals surface area (Å²) in [4.78, 5) is 0. The molecule has 1 aliphatic rings. The molecular formula is C11H11F4NO2. The smallest absolute Gasteiger partial charge is 0.490 e. The van der Waals surface area contributed by atoms with E-state index in [2.05, 4.69) is 4.74 Å². The Bertz CT molecular complexity index is 430. The highest BCUT2D eigenvalue weighted by molar-refractivity contribution is 5.33. The lowest BCUT2D eigenvalue weighted by Gasteiger charge is -2.32. The molecule has 1 saturated carbocycles. The molecule has 0 aromatic heterocycles. The highest BCUT2D eigenvalue weighted by Gasteiger charge is 2.32. The molecule has 0 aliphatic heterocycles. The van der Waals surface area contributed by atoms with Crippen LogP contribution in [0, 0.1) is 5.82 Å². The summed E-state index contributed by atoms with van der Waals surface area (Å²) in [7, 11) is 0. The quantitative estimate of drug-likeness (QED) is 0.854. The third-order valence-electron chi connectivity index (χ3n) is 2.56. The Morgan fingerprint density at radius 1 is 1.22 bits per heavy atom. The number of hydrogen-bond donors (Lipinski definition) is 1. The predicted molar refractivity (Wildman–Crippen MR) is 54.7 cm³/mol. The minimum absolute atomic E-state index is 0.0766. The third kappa shape index (κ3) is 3.25. The van der Waals surface area contributed by atoms with Crippen LogP contribution >= 0.6 is 0 Å². The normalized spacial score (nSPS) is 23.4. The maximum atomic E-state index is 13.3. The van der Waals surface area contributed by atoms with Gasteiger partial charge in [-0.05, 0) is 25.0 Å². The van der Waals surface area contributed by atoms with E-state index in [4.69, 9.17) is 10.5 Å². The van der Waals surface area contributed by atoms with E-state index in [1.54, 1.807) is 0 Å². The Kier molecular flexibility index (Phi) is 3.34. The van der Waals surface area contributed by atoms with E-state index in [-0.39, 0.29) is 17.9 Å². The Labute approximate surface area is 100 Å². The lowest BCUT2D eigenvalue weighted by Crippen LogP contribution is -2.43. The number of halogens is 4. The van der Waals surface area contributed by atoms with Crippen LogP contribution in [-0.2, 0) is 0 Å². The first kappa shape index (κ1) is 12.9. The number of alkyl halides is 3. The second kappa shape index (κ2) is 4.64. The molecule has 0 heterocycles. The molecule has 0 saturated heterocycles. The molecule has 0 bridgehead atoms. The fourth-order valence-electron chi connectivity index (χ4n) is 1.66. The number of rotatable bonds is 3. The van der Waals surface area contributed by atoms with Gasteiger partial charge >= 0.3 is 6.36 Å². The molecule has 1 aromatic rings. The van der Waals surface area contributed by atoms with Gasteiger partial charge in [0.1, 0.15) is 11.9 Å². The monoisotopic (exact) mass is 265 g/mol. The maximum Gasteiger partial charge on any atom is 0.573 e. The van der Waals surface area contributed by atoms with Gasteiger partial charge in [-0.1, -0.05) is 0 Å². The SMILES string of the molecule is NC1CC(Oc2ccc(OC(F)(F)F)c(F)c2)C1. The van der Waals surface area contributed by atoms with Crippen LogP contribution in [0.25, 0.3) is 0 Å². The van der Waals surface area contributed by atoms with Crippen LogP contribution in [0.15, 0.2) is 18.2 Å². The number of hydrogen-bond acceptors (Lipinski definition) is 3. The van der Waals surface area contributed by atoms with Crippen LogP contribution < -0.4 is 15.2 Å². The molecule has 1 fully saturated rings. The van der Waals surface area contributed by atoms with Crippen LogP contribution in [0.4, 0.5) is 17.6 Å². The summed E-state index contributed by atoms with van der Waals surface area (Å²) in [6.07, 6.45) is -3.71. The van der Waals surface area contributed by atoms with Crippen LogP contribution in [0.5, 0.6) is 11.5 Å². The lowest BCUT2D eigenvalue weighted by molar-refractivity contribution is -0.275. The van der Waals surface area contributed by atoms with Gasteiger partial charge in [0, 0.05) is 12.1 Å². The van der Waals surface area contributed by atoms with Crippen LogP contribution in [0.3, 0.4) is 0 Å². The Morgan fingerprint density at radius 3 is 2.39 bits per heavy atom. The van der Waals surface area contributed by atoms with E-state index in [9.17, 15) is 17.6 Å². The third-order valence-corrected chi connectivity index (χ3v) is 2.56. The van der Waals surface area contributed by atoms with Crippen molar-refractivity contribution in [2.75, 3.05) is 0 Å². The maximum absolute atomic E-state index is 13.3. The number of ether oxygens (including phenoxy) is 2. The summed E-state index contributed by atoms with van der Waals surface area (Å²) in [6, 6.07) is 3.06. The van der Waals surface area contributed by atoms with Crippen molar-refractivity contribution in [2.24, 2.45) is 5.73 Å². The van der Waals surface area contributed by atoms with E-state index in [1.165, 1.54) is 6.07 Å². The standard InChI is InChI=1S/C11H11F4NO2/c12-9-5-7(17-8-3-6(16)4-8)1-2-10(9)18-11(13,14)15/h1-2,5-6,8H,3-4,16H2. The molecule has 0 unspecified atom stereocenters. The fourth-order valence-corrected chi connectivity index (χ4v) is 1.66. The molecule has 2 rings (SSSR count). The van der Waals surface area contributed by atoms with Crippen molar-refractivity contribution >= 4 is 0 Å². The molecule has 0 radical (unpaired) electrons. The Balaban J connectivity index is 2.01. The molecule has 18 heavy (non-hydrogen) atoms. The minimum atomic E-state index is -4.91. The summed E-state index contributed by atoms with van der Waals surface area (Å²) < 4.78 is 57.8. The molecule has 1 aromatic carbocycles. The van der Waals surface area contributed by atoms with E-state index >= 15 is 0 Å². The zero-order valence-electron chi connectivity index (χ0n) is 9.21. The van der Waals surface area contributed by atoms with Crippen LogP contribution in [0.1, 0.15) is 12.8 Å². The highest BCUT2D eigenvalue weighted by Crippen LogP contribution is 2.30. The molecule has 1 aliphatic carbocycles. The minimum Gasteiger partial charge on any atom is -0.490 e. The van der Waals surface area contributed by atoms with Crippen LogP contribution in [-0.4, -0.2) is 18.5 Å². The van der Waals surface area contributed by atoms with E-state index in [0.717, 1.165) is 12.1 Å². The zero-order chi connectivity index (χ0) is 13.3. The molecule has 0 amide bonds. The highest BCUT2D eigenvalue weighted by atomic mass is 19.4. The second-order valence-corrected chi connectivity index (χ2v) is 4.11. The molecule has 3 nitrogen and oxygen atoms in total. The van der Waals surface area contributed by atoms with Gasteiger partial charge in [-0.25, -0.2) is 4.39 Å². The van der Waals surface area contributed by atoms with Crippen LogP contribution in [0.2, 0.25) is 0 Å². The first-order valence-corrected chi connectivity index (χ1v) is 5.31. The topological polar surface area (TPSA) is 44.5 Å². The molecule has 0 spiro atoms. The molecular weight excluding hydrogens is 254 g/mol. The fraction of sp³-hybridized carbons (Fsp3) is 0.455. The largest absolute Gasteiger partial charge is 0.573 e. The van der Waals surface area contributed by atoms with Crippen molar-refractivity contribution in [1.82, 2.24) is 0 Å². The summed E-state index contributed by atoms with van der Waals surface area (Å²) in [5.74, 6) is -1.83. The van der Waals surface area contributed by atoms with Gasteiger partial charge in [-0.15, -0.1) is 13.2 Å². The lowest BCUT2D eigenvalue weighted by atomic mass is 9.90. The number of benzene rings is 1. The van der Waals surface area contributed by atoms with E-state index in [0.29, 0.717) is 12.8 Å². The van der Waals surface area contributed by atoms with Crippen molar-refractivity contribution < 1.29 is 27.0 Å². The second-order valence-electron chi connectivity index (χ2n) is 4.11. The predicted octanol–water partition coefficient (Wildman–Crippen LogP) is 2.59. The van der Waals surface area contributed by atoms with Crippen molar-refractivity contribution in [3.05, 3.63) is 24.0 Å². The average molecular weight is 265 g/mol. The first-order valence-electron chi connectivity index (χ1n) is 5.31. The van der Waals surface area contributed by atoms with Crippen molar-refractivity contribution in [1.29, 1.82) is 0 Å². The Morgan fingerprint density at radius 2 is 1.89 bits per heavy atom. The van der Waals surface area contributed by atoms with Gasteiger partial charge in [-0.3, -0.25) is 0 Å². The molecule has 100 valence electrons. The first-order chi connectivity index (χ1) is 8.33. The average Bonchev–Trinajstić information content (AvgIpc) is 2.18. The van der Waals surface area contributed by atoms with Crippen molar-refractivity contribution in [2.45, 2.75) is 31.3 Å². The Hall–Kier alpha value is -1.50. The van der Waals surface area contributed by atoms with E-state index in [1.807, 2.05) is 0 Å². The van der Waals surface area contributed by atoms with Gasteiger partial charge in [0.25, 0.3) is 0 Å². The molecule has 0 atom stereocenters. The van der Waals surface area contributed by atoms with Gasteiger partial charge in [0.05, 0.1) is 0 Å². The zero-order valence-corrected chi connectivity index (χ0v) is 9.21. The van der Waals surface area contributed by atoms with E-state index < -0.39 is 17.9 Å². The summed E-state index contributed by atoms with van der Waals surface area (Å²) >= 11 is 0. The van der Waals surface area contributed by atoms with Gasteiger partial charge in [-0.2, -0.15) is 0 Å². The van der Waals surface area contributed by atoms with Crippen molar-refractivity contribution in [3.63, 3.8) is 0 Å². The summed E-state index contributed by atoms with van der Waals surface area (Å²) in [5, 5.41) is 0. The summed E-state index contributed by atoms with van der Waals surface area (Å²) in [6.45, 7) is 0. The number of nitrogens with two attached hydrogens (primary N) is 1. The molecule has 7 heteroatoms. The van der Waals surface area contributed by atoms with Crippen molar-refractivity contribution in [3.8, 4) is 11.5 Å². The van der Waals surface area contributed by atoms with Gasteiger partial charge < -0.3 is 15.2 Å². The van der Waals surface area contributed by atoms with Gasteiger partial charge in [0.15, 0.2) is 11.6 Å².